The van der Waals surface area contributed by atoms with E-state index >= 15 is 0 Å². The van der Waals surface area contributed by atoms with Crippen molar-refractivity contribution in [3.05, 3.63) is 58.6 Å². The molecule has 34 heavy (non-hydrogen) atoms. The van der Waals surface area contributed by atoms with E-state index < -0.39 is 5.82 Å². The Morgan fingerprint density at radius 2 is 1.82 bits per heavy atom. The number of nitrogens with one attached hydrogen (secondary N) is 2. The quantitative estimate of drug-likeness (QED) is 0.523. The van der Waals surface area contributed by atoms with Gasteiger partial charge in [0.05, 0.1) is 38.6 Å². The number of aromatic nitrogens is 2. The number of methoxy groups -OCH3 is 3. The van der Waals surface area contributed by atoms with Crippen molar-refractivity contribution < 1.29 is 23.4 Å². The van der Waals surface area contributed by atoms with Gasteiger partial charge in [-0.05, 0) is 18.2 Å². The lowest BCUT2D eigenvalue weighted by atomic mass is 10.1. The first-order chi connectivity index (χ1) is 16.4. The van der Waals surface area contributed by atoms with Gasteiger partial charge in [-0.3, -0.25) is 0 Å². The molecule has 2 aromatic carbocycles. The van der Waals surface area contributed by atoms with Gasteiger partial charge in [0.25, 0.3) is 0 Å². The molecule has 0 saturated heterocycles. The third-order valence-electron chi connectivity index (χ3n) is 5.31. The maximum Gasteiger partial charge on any atom is 0.322 e. The molecule has 0 fully saturated rings. The first kappa shape index (κ1) is 23.4. The summed E-state index contributed by atoms with van der Waals surface area (Å²) in [5.74, 6) is 1.37. The zero-order valence-corrected chi connectivity index (χ0v) is 19.6. The van der Waals surface area contributed by atoms with Gasteiger partial charge in [-0.15, -0.1) is 0 Å². The zero-order chi connectivity index (χ0) is 24.2. The SMILES string of the molecule is COc1cc(Nc2ncc3c(n2)CCN(C(=O)Nc2ccc(F)c(Cl)c2)C3)cc(OC)c1OC. The molecule has 9 nitrogen and oxygen atoms in total. The predicted octanol–water partition coefficient (Wildman–Crippen LogP) is 4.63. The maximum atomic E-state index is 13.3. The Labute approximate surface area is 200 Å². The normalized spacial score (nSPS) is 12.6. The molecule has 178 valence electrons. The molecule has 1 aliphatic heterocycles. The molecule has 0 bridgehead atoms. The van der Waals surface area contributed by atoms with Gasteiger partial charge < -0.3 is 29.7 Å². The average molecular weight is 488 g/mol. The number of urea groups is 1. The van der Waals surface area contributed by atoms with Crippen molar-refractivity contribution in [3.63, 3.8) is 0 Å². The first-order valence-corrected chi connectivity index (χ1v) is 10.7. The number of ether oxygens (including phenoxy) is 3. The molecule has 3 aromatic rings. The average Bonchev–Trinajstić information content (AvgIpc) is 2.85. The van der Waals surface area contributed by atoms with Crippen molar-refractivity contribution in [2.75, 3.05) is 38.5 Å². The lowest BCUT2D eigenvalue weighted by molar-refractivity contribution is 0.206. The van der Waals surface area contributed by atoms with Crippen LogP contribution in [0, 0.1) is 5.82 Å². The molecule has 0 unspecified atom stereocenters. The van der Waals surface area contributed by atoms with Crippen LogP contribution < -0.4 is 24.8 Å². The van der Waals surface area contributed by atoms with Crippen LogP contribution in [0.2, 0.25) is 5.02 Å². The molecule has 0 aliphatic carbocycles. The molecule has 0 radical (unpaired) electrons. The highest BCUT2D eigenvalue weighted by atomic mass is 35.5. The van der Waals surface area contributed by atoms with Crippen LogP contribution in [0.25, 0.3) is 0 Å². The van der Waals surface area contributed by atoms with Crippen LogP contribution in [0.1, 0.15) is 11.3 Å². The molecule has 0 atom stereocenters. The summed E-state index contributed by atoms with van der Waals surface area (Å²) in [5, 5.41) is 5.84. The molecule has 2 N–H and O–H groups in total. The summed E-state index contributed by atoms with van der Waals surface area (Å²) in [5.41, 5.74) is 2.78. The molecule has 0 spiro atoms. The van der Waals surface area contributed by atoms with Crippen molar-refractivity contribution in [2.24, 2.45) is 0 Å². The lowest BCUT2D eigenvalue weighted by Gasteiger charge is -2.28. The van der Waals surface area contributed by atoms with Crippen molar-refractivity contribution in [2.45, 2.75) is 13.0 Å². The lowest BCUT2D eigenvalue weighted by Crippen LogP contribution is -2.39. The Balaban J connectivity index is 1.46. The minimum absolute atomic E-state index is 0.0534. The standard InChI is InChI=1S/C23H23ClFN5O4/c1-32-19-9-15(10-20(33-2)21(19)34-3)27-22-26-11-13-12-30(7-6-18(13)29-22)23(31)28-14-4-5-17(25)16(24)8-14/h4-5,8-11H,6-7,12H2,1-3H3,(H,28,31)(H,26,27,29). The van der Waals surface area contributed by atoms with Crippen molar-refractivity contribution in [1.29, 1.82) is 0 Å². The fourth-order valence-electron chi connectivity index (χ4n) is 3.61. The number of rotatable bonds is 6. The van der Waals surface area contributed by atoms with E-state index in [0.29, 0.717) is 54.1 Å². The van der Waals surface area contributed by atoms with Crippen LogP contribution in [0.4, 0.5) is 26.5 Å². The van der Waals surface area contributed by atoms with E-state index in [9.17, 15) is 9.18 Å². The van der Waals surface area contributed by atoms with Gasteiger partial charge in [0.1, 0.15) is 5.82 Å². The van der Waals surface area contributed by atoms with E-state index in [1.54, 1.807) is 44.6 Å². The summed E-state index contributed by atoms with van der Waals surface area (Å²) in [6.07, 6.45) is 2.25. The van der Waals surface area contributed by atoms with Gasteiger partial charge >= 0.3 is 6.03 Å². The van der Waals surface area contributed by atoms with Crippen LogP contribution in [-0.4, -0.2) is 48.8 Å². The van der Waals surface area contributed by atoms with Crippen molar-refractivity contribution in [1.82, 2.24) is 14.9 Å². The van der Waals surface area contributed by atoms with E-state index in [1.807, 2.05) is 0 Å². The molecule has 2 amide bonds. The summed E-state index contributed by atoms with van der Waals surface area (Å²) in [7, 11) is 4.63. The number of fused-ring (bicyclic) bond motifs is 1. The molecule has 2 heterocycles. The number of carbonyl (C=O) groups is 1. The third-order valence-corrected chi connectivity index (χ3v) is 5.60. The van der Waals surface area contributed by atoms with Crippen LogP contribution in [-0.2, 0) is 13.0 Å². The van der Waals surface area contributed by atoms with E-state index in [0.717, 1.165) is 11.3 Å². The molecule has 1 aliphatic rings. The minimum Gasteiger partial charge on any atom is -0.493 e. The summed E-state index contributed by atoms with van der Waals surface area (Å²) in [4.78, 5) is 23.3. The smallest absolute Gasteiger partial charge is 0.322 e. The second kappa shape index (κ2) is 10.0. The third kappa shape index (κ3) is 4.91. The second-order valence-corrected chi connectivity index (χ2v) is 7.84. The number of hydrogen-bond acceptors (Lipinski definition) is 7. The topological polar surface area (TPSA) is 97.8 Å². The number of benzene rings is 2. The molecule has 11 heteroatoms. The monoisotopic (exact) mass is 487 g/mol. The van der Waals surface area contributed by atoms with E-state index in [1.165, 1.54) is 18.2 Å². The second-order valence-electron chi connectivity index (χ2n) is 7.44. The predicted molar refractivity (Wildman–Crippen MR) is 126 cm³/mol. The molecule has 4 rings (SSSR count). The summed E-state index contributed by atoms with van der Waals surface area (Å²) < 4.78 is 29.5. The Morgan fingerprint density at radius 1 is 1.09 bits per heavy atom. The molecule has 0 saturated carbocycles. The van der Waals surface area contributed by atoms with Crippen molar-refractivity contribution >= 4 is 35.0 Å². The molecular formula is C23H23ClFN5O4. The zero-order valence-electron chi connectivity index (χ0n) is 18.8. The number of anilines is 3. The Kier molecular flexibility index (Phi) is 6.87. The fourth-order valence-corrected chi connectivity index (χ4v) is 3.79. The largest absolute Gasteiger partial charge is 0.493 e. The van der Waals surface area contributed by atoms with Crippen molar-refractivity contribution in [3.8, 4) is 17.2 Å². The Hall–Kier alpha value is -3.79. The van der Waals surface area contributed by atoms with Gasteiger partial charge in [-0.1, -0.05) is 11.6 Å². The summed E-state index contributed by atoms with van der Waals surface area (Å²) in [6, 6.07) is 7.25. The van der Waals surface area contributed by atoms with Gasteiger partial charge in [0, 0.05) is 48.2 Å². The van der Waals surface area contributed by atoms with Crippen LogP contribution in [0.5, 0.6) is 17.2 Å². The van der Waals surface area contributed by atoms with Crippen LogP contribution in [0.15, 0.2) is 36.5 Å². The first-order valence-electron chi connectivity index (χ1n) is 10.3. The van der Waals surface area contributed by atoms with Crippen LogP contribution >= 0.6 is 11.6 Å². The summed E-state index contributed by atoms with van der Waals surface area (Å²) in [6.45, 7) is 0.814. The highest BCUT2D eigenvalue weighted by Crippen LogP contribution is 2.40. The molecule has 1 aromatic heterocycles. The van der Waals surface area contributed by atoms with Crippen LogP contribution in [0.3, 0.4) is 0 Å². The maximum absolute atomic E-state index is 13.3. The van der Waals surface area contributed by atoms with Gasteiger partial charge in [0.15, 0.2) is 11.5 Å². The van der Waals surface area contributed by atoms with Gasteiger partial charge in [-0.2, -0.15) is 0 Å². The van der Waals surface area contributed by atoms with Gasteiger partial charge in [-0.25, -0.2) is 19.2 Å². The number of hydrogen-bond donors (Lipinski definition) is 2. The Morgan fingerprint density at radius 3 is 2.47 bits per heavy atom. The van der Waals surface area contributed by atoms with E-state index in [2.05, 4.69) is 20.6 Å². The highest BCUT2D eigenvalue weighted by molar-refractivity contribution is 6.31. The van der Waals surface area contributed by atoms with Gasteiger partial charge in [0.2, 0.25) is 11.7 Å². The number of nitrogens with zero attached hydrogens (tertiary/aromatic N) is 3. The fraction of sp³-hybridized carbons (Fsp3) is 0.261. The number of carbonyl (C=O) groups excluding carboxylic acids is 1. The highest BCUT2D eigenvalue weighted by Gasteiger charge is 2.23. The van der Waals surface area contributed by atoms with E-state index in [-0.39, 0.29) is 11.1 Å². The number of amides is 2. The Bertz CT molecular complexity index is 1200. The van der Waals surface area contributed by atoms with E-state index in [4.69, 9.17) is 25.8 Å². The summed E-state index contributed by atoms with van der Waals surface area (Å²) >= 11 is 5.79. The minimum atomic E-state index is -0.542. The number of halogens is 2. The molecular weight excluding hydrogens is 465 g/mol.